The van der Waals surface area contributed by atoms with Crippen molar-refractivity contribution in [1.82, 2.24) is 4.90 Å². The number of halogens is 1. The van der Waals surface area contributed by atoms with Crippen molar-refractivity contribution in [2.75, 3.05) is 26.3 Å². The summed E-state index contributed by atoms with van der Waals surface area (Å²) in [4.78, 5) is 32.1. The summed E-state index contributed by atoms with van der Waals surface area (Å²) >= 11 is 6.29. The van der Waals surface area contributed by atoms with E-state index in [9.17, 15) is 19.8 Å². The molecule has 8 nitrogen and oxygen atoms in total. The van der Waals surface area contributed by atoms with E-state index in [1.165, 1.54) is 0 Å². The molecule has 1 aromatic rings. The van der Waals surface area contributed by atoms with E-state index in [2.05, 4.69) is 5.16 Å². The second kappa shape index (κ2) is 12.3. The molecule has 1 amide bonds. The first-order valence-corrected chi connectivity index (χ1v) is 11.5. The Morgan fingerprint density at radius 3 is 2.61 bits per heavy atom. The average molecular weight is 477 g/mol. The summed E-state index contributed by atoms with van der Waals surface area (Å²) in [5, 5.41) is 24.5. The Morgan fingerprint density at radius 1 is 1.09 bits per heavy atom. The number of rotatable bonds is 3. The number of piperidine rings is 1. The molecule has 0 atom stereocenters. The molecule has 2 N–H and O–H groups in total. The summed E-state index contributed by atoms with van der Waals surface area (Å²) in [5.41, 5.74) is 0.411. The number of allylic oxidation sites excluding steroid dienone is 3. The molecule has 1 aromatic carbocycles. The number of phenols is 2. The third-order valence-electron chi connectivity index (χ3n) is 5.46. The zero-order chi connectivity index (χ0) is 23.6. The second-order valence-corrected chi connectivity index (χ2v) is 8.31. The molecule has 2 heterocycles. The molecule has 0 saturated carbocycles. The third-order valence-corrected chi connectivity index (χ3v) is 5.88. The minimum absolute atomic E-state index is 0.0184. The van der Waals surface area contributed by atoms with Gasteiger partial charge in [-0.1, -0.05) is 35.0 Å². The summed E-state index contributed by atoms with van der Waals surface area (Å²) in [6.07, 6.45) is 12.7. The Balaban J connectivity index is 1.86. The number of ether oxygens (including phenoxy) is 1. The number of benzene rings is 1. The zero-order valence-corrected chi connectivity index (χ0v) is 19.2. The van der Waals surface area contributed by atoms with Crippen LogP contribution in [0, 0.1) is 0 Å². The molecule has 33 heavy (non-hydrogen) atoms. The predicted octanol–water partition coefficient (Wildman–Crippen LogP) is 4.13. The maximum Gasteiger partial charge on any atom is 0.342 e. The van der Waals surface area contributed by atoms with Crippen LogP contribution in [0.25, 0.3) is 0 Å². The molecule has 9 heteroatoms. The quantitative estimate of drug-likeness (QED) is 0.385. The number of fused-ring (bicyclic) bond motifs is 1. The van der Waals surface area contributed by atoms with Gasteiger partial charge in [0.1, 0.15) is 17.1 Å². The van der Waals surface area contributed by atoms with Gasteiger partial charge < -0.3 is 24.7 Å². The van der Waals surface area contributed by atoms with Crippen molar-refractivity contribution in [3.63, 3.8) is 0 Å². The number of hydrogen-bond acceptors (Lipinski definition) is 7. The number of amides is 1. The Kier molecular flexibility index (Phi) is 9.18. The van der Waals surface area contributed by atoms with E-state index >= 15 is 0 Å². The van der Waals surface area contributed by atoms with Crippen LogP contribution in [-0.2, 0) is 20.8 Å². The summed E-state index contributed by atoms with van der Waals surface area (Å²) in [7, 11) is 0. The largest absolute Gasteiger partial charge is 0.507 e. The Hall–Kier alpha value is -3.00. The Bertz CT molecular complexity index is 951. The van der Waals surface area contributed by atoms with Crippen LogP contribution in [0.3, 0.4) is 0 Å². The molecular formula is C24H29ClN2O6. The molecule has 0 bridgehead atoms. The Morgan fingerprint density at radius 2 is 1.82 bits per heavy atom. The molecule has 0 unspecified atom stereocenters. The van der Waals surface area contributed by atoms with Gasteiger partial charge in [-0.05, 0) is 50.2 Å². The minimum Gasteiger partial charge on any atom is -0.507 e. The molecule has 0 aliphatic carbocycles. The van der Waals surface area contributed by atoms with Crippen LogP contribution in [0.15, 0.2) is 35.5 Å². The number of carbonyl (C=O) groups excluding carboxylic acids is 2. The van der Waals surface area contributed by atoms with E-state index in [-0.39, 0.29) is 47.4 Å². The van der Waals surface area contributed by atoms with Crippen LogP contribution in [0.5, 0.6) is 11.5 Å². The maximum absolute atomic E-state index is 12.7. The molecule has 0 aromatic heterocycles. The molecule has 1 fully saturated rings. The average Bonchev–Trinajstić information content (AvgIpc) is 2.80. The van der Waals surface area contributed by atoms with E-state index in [0.29, 0.717) is 12.1 Å². The van der Waals surface area contributed by atoms with Crippen LogP contribution in [-0.4, -0.2) is 59.0 Å². The monoisotopic (exact) mass is 476 g/mol. The number of likely N-dealkylation sites (tertiary alicyclic amines) is 1. The van der Waals surface area contributed by atoms with Crippen molar-refractivity contribution in [2.45, 2.75) is 44.9 Å². The highest BCUT2D eigenvalue weighted by atomic mass is 35.5. The van der Waals surface area contributed by atoms with E-state index in [1.807, 2.05) is 18.2 Å². The maximum atomic E-state index is 12.7. The molecule has 2 aliphatic heterocycles. The summed E-state index contributed by atoms with van der Waals surface area (Å²) in [5.74, 6) is -1.69. The second-order valence-electron chi connectivity index (χ2n) is 7.93. The van der Waals surface area contributed by atoms with Crippen molar-refractivity contribution in [3.8, 4) is 11.5 Å². The molecule has 1 saturated heterocycles. The number of hydrogen-bond donors (Lipinski definition) is 2. The lowest BCUT2D eigenvalue weighted by molar-refractivity contribution is -0.137. The van der Waals surface area contributed by atoms with Crippen molar-refractivity contribution >= 4 is 29.2 Å². The van der Waals surface area contributed by atoms with Gasteiger partial charge in [0, 0.05) is 25.6 Å². The van der Waals surface area contributed by atoms with Crippen LogP contribution in [0.4, 0.5) is 0 Å². The number of esters is 1. The lowest BCUT2D eigenvalue weighted by atomic mass is 9.99. The summed E-state index contributed by atoms with van der Waals surface area (Å²) in [6, 6.07) is 1.01. The fraction of sp³-hybridized carbons (Fsp3) is 0.458. The van der Waals surface area contributed by atoms with Gasteiger partial charge in [0.2, 0.25) is 0 Å². The topological polar surface area (TPSA) is 109 Å². The highest BCUT2D eigenvalue weighted by molar-refractivity contribution is 6.33. The highest BCUT2D eigenvalue weighted by Gasteiger charge is 2.24. The van der Waals surface area contributed by atoms with Gasteiger partial charge in [0.15, 0.2) is 6.61 Å². The van der Waals surface area contributed by atoms with Gasteiger partial charge in [-0.25, -0.2) is 4.79 Å². The van der Waals surface area contributed by atoms with E-state index < -0.39 is 11.7 Å². The zero-order valence-electron chi connectivity index (χ0n) is 18.5. The van der Waals surface area contributed by atoms with Gasteiger partial charge in [0.25, 0.3) is 5.91 Å². The predicted molar refractivity (Wildman–Crippen MR) is 125 cm³/mol. The van der Waals surface area contributed by atoms with Crippen LogP contribution >= 0.6 is 11.6 Å². The summed E-state index contributed by atoms with van der Waals surface area (Å²) in [6.45, 7) is 1.38. The minimum atomic E-state index is -0.751. The van der Waals surface area contributed by atoms with Crippen LogP contribution in [0.1, 0.15) is 54.4 Å². The summed E-state index contributed by atoms with van der Waals surface area (Å²) < 4.78 is 5.27. The lowest BCUT2D eigenvalue weighted by Gasteiger charge is -2.26. The number of nitrogens with zero attached hydrogens (tertiary/aromatic N) is 2. The first-order chi connectivity index (χ1) is 16.0. The molecular weight excluding hydrogens is 448 g/mol. The third kappa shape index (κ3) is 6.99. The van der Waals surface area contributed by atoms with E-state index in [1.54, 1.807) is 11.0 Å². The van der Waals surface area contributed by atoms with Gasteiger partial charge in [0.05, 0.1) is 17.3 Å². The van der Waals surface area contributed by atoms with E-state index in [4.69, 9.17) is 21.2 Å². The first-order valence-electron chi connectivity index (χ1n) is 11.2. The van der Waals surface area contributed by atoms with Gasteiger partial charge in [-0.15, -0.1) is 0 Å². The number of cyclic esters (lactones) is 1. The van der Waals surface area contributed by atoms with E-state index in [0.717, 1.165) is 51.3 Å². The van der Waals surface area contributed by atoms with Gasteiger partial charge >= 0.3 is 5.97 Å². The SMILES string of the molecule is O=C1OCC/C=C/CCC=C/C(=N/OCC(=O)N2CCCCC2)Cc2c(Cl)c(O)cc(O)c21. The van der Waals surface area contributed by atoms with Crippen molar-refractivity contribution in [2.24, 2.45) is 5.16 Å². The number of carbonyl (C=O) groups is 2. The van der Waals surface area contributed by atoms with Crippen molar-refractivity contribution in [3.05, 3.63) is 46.5 Å². The first kappa shape index (κ1) is 24.6. The lowest BCUT2D eigenvalue weighted by Crippen LogP contribution is -2.37. The molecule has 2 aliphatic rings. The van der Waals surface area contributed by atoms with Crippen LogP contribution < -0.4 is 0 Å². The Labute approximate surface area is 198 Å². The standard InChI is InChI=1S/C24H29ClN2O6/c25-23-18-14-17(26-33-16-21(30)27-11-7-5-8-12-27)10-6-3-1-2-4-9-13-32-24(31)22(18)19(28)15-20(23)29/h2,4,6,10,15,28-29H,1,3,5,7-9,11-14,16H2/b4-2+,10-6?,26-17-. The van der Waals surface area contributed by atoms with Crippen LogP contribution in [0.2, 0.25) is 5.02 Å². The van der Waals surface area contributed by atoms with Crippen molar-refractivity contribution in [1.29, 1.82) is 0 Å². The molecule has 3 rings (SSSR count). The number of oxime groups is 1. The fourth-order valence-electron chi connectivity index (χ4n) is 3.72. The fourth-order valence-corrected chi connectivity index (χ4v) is 3.94. The molecule has 178 valence electrons. The van der Waals surface area contributed by atoms with Gasteiger partial charge in [-0.2, -0.15) is 0 Å². The smallest absolute Gasteiger partial charge is 0.342 e. The van der Waals surface area contributed by atoms with Gasteiger partial charge in [-0.3, -0.25) is 4.79 Å². The molecule has 0 radical (unpaired) electrons. The van der Waals surface area contributed by atoms with Crippen molar-refractivity contribution < 1.29 is 29.4 Å². The molecule has 0 spiro atoms. The number of phenolic OH excluding ortho intramolecular Hbond substituents is 2. The number of aromatic hydroxyl groups is 2. The normalized spacial score (nSPS) is 20.0. The highest BCUT2D eigenvalue weighted by Crippen LogP contribution is 2.37.